The fourth-order valence-electron chi connectivity index (χ4n) is 3.44. The van der Waals surface area contributed by atoms with Crippen molar-refractivity contribution >= 4 is 5.91 Å². The fraction of sp³-hybridized carbons (Fsp3) is 0.471. The normalized spacial score (nSPS) is 18.3. The Morgan fingerprint density at radius 2 is 2.04 bits per heavy atom. The Hall–Kier alpha value is -2.28. The fourth-order valence-corrected chi connectivity index (χ4v) is 3.44. The van der Waals surface area contributed by atoms with Gasteiger partial charge in [-0.25, -0.2) is 4.39 Å². The maximum absolute atomic E-state index is 13.7. The summed E-state index contributed by atoms with van der Waals surface area (Å²) >= 11 is 0. The summed E-state index contributed by atoms with van der Waals surface area (Å²) in [6.07, 6.45) is 0.132. The largest absolute Gasteiger partial charge is 0.339 e. The van der Waals surface area contributed by atoms with Gasteiger partial charge in [0.1, 0.15) is 17.5 Å². The van der Waals surface area contributed by atoms with E-state index in [0.29, 0.717) is 24.7 Å². The molecule has 0 N–H and O–H groups in total. The van der Waals surface area contributed by atoms with Crippen molar-refractivity contribution in [3.8, 4) is 0 Å². The topological polar surface area (TPSA) is 54.3 Å². The van der Waals surface area contributed by atoms with Gasteiger partial charge in [0, 0.05) is 32.2 Å². The molecule has 2 aromatic rings. The molecule has 126 valence electrons. The van der Waals surface area contributed by atoms with Crippen molar-refractivity contribution < 1.29 is 9.18 Å². The smallest absolute Gasteiger partial charge is 0.227 e. The molecule has 0 atom stereocenters. The zero-order chi connectivity index (χ0) is 16.7. The van der Waals surface area contributed by atoms with Crippen molar-refractivity contribution in [2.24, 2.45) is 0 Å². The van der Waals surface area contributed by atoms with Crippen LogP contribution < -0.4 is 0 Å². The molecule has 1 aromatic heterocycles. The molecule has 1 aromatic carbocycles. The number of aryl methyl sites for hydroxylation is 1. The summed E-state index contributed by atoms with van der Waals surface area (Å²) in [6.45, 7) is 6.01. The van der Waals surface area contributed by atoms with Gasteiger partial charge in [-0.05, 0) is 18.6 Å². The molecule has 1 fully saturated rings. The molecular weight excluding hydrogens is 309 g/mol. The number of benzene rings is 1. The number of carbonyl (C=O) groups excluding carboxylic acids is 1. The molecule has 0 spiro atoms. The van der Waals surface area contributed by atoms with E-state index in [1.807, 2.05) is 11.8 Å². The molecule has 6 nitrogen and oxygen atoms in total. The number of carbonyl (C=O) groups is 1. The maximum Gasteiger partial charge on any atom is 0.227 e. The summed E-state index contributed by atoms with van der Waals surface area (Å²) in [5.41, 5.74) is 0.465. The highest BCUT2D eigenvalue weighted by atomic mass is 19.1. The quantitative estimate of drug-likeness (QED) is 0.843. The van der Waals surface area contributed by atoms with Gasteiger partial charge < -0.3 is 9.47 Å². The van der Waals surface area contributed by atoms with Crippen LogP contribution in [-0.2, 0) is 24.3 Å². The Morgan fingerprint density at radius 3 is 2.83 bits per heavy atom. The lowest BCUT2D eigenvalue weighted by molar-refractivity contribution is -0.138. The number of fused-ring (bicyclic) bond motifs is 1. The van der Waals surface area contributed by atoms with Gasteiger partial charge in [0.25, 0.3) is 0 Å². The first-order valence-corrected chi connectivity index (χ1v) is 8.25. The van der Waals surface area contributed by atoms with Crippen LogP contribution in [0.5, 0.6) is 0 Å². The molecular formula is C17H20FN5O. The monoisotopic (exact) mass is 329 g/mol. The number of likely N-dealkylation sites (tertiary alicyclic amines) is 1. The van der Waals surface area contributed by atoms with E-state index in [1.54, 1.807) is 18.2 Å². The first kappa shape index (κ1) is 15.3. The van der Waals surface area contributed by atoms with Crippen LogP contribution in [0.1, 0.15) is 17.2 Å². The number of hydrogen-bond donors (Lipinski definition) is 0. The van der Waals surface area contributed by atoms with Gasteiger partial charge in [-0.15, -0.1) is 10.2 Å². The first-order valence-electron chi connectivity index (χ1n) is 8.25. The van der Waals surface area contributed by atoms with Gasteiger partial charge in [0.15, 0.2) is 0 Å². The lowest BCUT2D eigenvalue weighted by atomic mass is 10.0. The van der Waals surface area contributed by atoms with E-state index in [1.165, 1.54) is 6.07 Å². The second kappa shape index (κ2) is 5.98. The Kier molecular flexibility index (Phi) is 3.80. The molecule has 1 saturated heterocycles. The standard InChI is InChI=1S/C17H20FN5O/c1-12-19-20-16-11-21(6-7-23(12)16)14-9-22(10-14)17(24)8-13-4-2-3-5-15(13)18/h2-5,14H,6-11H2,1H3. The van der Waals surface area contributed by atoms with Crippen LogP contribution in [-0.4, -0.2) is 56.1 Å². The zero-order valence-electron chi connectivity index (χ0n) is 13.7. The number of halogens is 1. The van der Waals surface area contributed by atoms with Gasteiger partial charge in [0.05, 0.1) is 13.0 Å². The lowest BCUT2D eigenvalue weighted by Crippen LogP contribution is -2.62. The minimum absolute atomic E-state index is 0.00706. The highest BCUT2D eigenvalue weighted by Crippen LogP contribution is 2.22. The van der Waals surface area contributed by atoms with Crippen LogP contribution in [0.4, 0.5) is 4.39 Å². The van der Waals surface area contributed by atoms with E-state index in [9.17, 15) is 9.18 Å². The first-order chi connectivity index (χ1) is 11.6. The third-order valence-corrected chi connectivity index (χ3v) is 5.00. The summed E-state index contributed by atoms with van der Waals surface area (Å²) in [5.74, 6) is 1.64. The van der Waals surface area contributed by atoms with Crippen molar-refractivity contribution in [1.29, 1.82) is 0 Å². The molecule has 7 heteroatoms. The highest BCUT2D eigenvalue weighted by molar-refractivity contribution is 5.79. The van der Waals surface area contributed by atoms with Crippen LogP contribution in [0.25, 0.3) is 0 Å². The summed E-state index contributed by atoms with van der Waals surface area (Å²) < 4.78 is 15.8. The lowest BCUT2D eigenvalue weighted by Gasteiger charge is -2.46. The van der Waals surface area contributed by atoms with Crippen LogP contribution >= 0.6 is 0 Å². The van der Waals surface area contributed by atoms with E-state index in [2.05, 4.69) is 19.7 Å². The van der Waals surface area contributed by atoms with E-state index in [-0.39, 0.29) is 18.1 Å². The Labute approximate surface area is 139 Å². The predicted molar refractivity (Wildman–Crippen MR) is 85.6 cm³/mol. The molecule has 0 aliphatic carbocycles. The number of hydrogen-bond acceptors (Lipinski definition) is 4. The zero-order valence-corrected chi connectivity index (χ0v) is 13.7. The van der Waals surface area contributed by atoms with Crippen molar-refractivity contribution in [2.45, 2.75) is 32.5 Å². The number of amides is 1. The van der Waals surface area contributed by atoms with Gasteiger partial charge in [0.2, 0.25) is 5.91 Å². The molecule has 0 saturated carbocycles. The minimum Gasteiger partial charge on any atom is -0.339 e. The molecule has 4 rings (SSSR count). The minimum atomic E-state index is -0.311. The molecule has 2 aliphatic heterocycles. The summed E-state index contributed by atoms with van der Waals surface area (Å²) in [7, 11) is 0. The summed E-state index contributed by atoms with van der Waals surface area (Å²) in [5, 5.41) is 8.34. The SMILES string of the molecule is Cc1nnc2n1CCN(C1CN(C(=O)Cc3ccccc3F)C1)C2. The summed E-state index contributed by atoms with van der Waals surface area (Å²) in [4.78, 5) is 16.5. The number of rotatable bonds is 3. The van der Waals surface area contributed by atoms with Gasteiger partial charge >= 0.3 is 0 Å². The molecule has 0 radical (unpaired) electrons. The Bertz CT molecular complexity index is 768. The van der Waals surface area contributed by atoms with E-state index >= 15 is 0 Å². The van der Waals surface area contributed by atoms with Crippen LogP contribution in [0, 0.1) is 12.7 Å². The molecule has 0 unspecified atom stereocenters. The molecule has 3 heterocycles. The van der Waals surface area contributed by atoms with Crippen molar-refractivity contribution in [3.63, 3.8) is 0 Å². The van der Waals surface area contributed by atoms with Crippen LogP contribution in [0.3, 0.4) is 0 Å². The van der Waals surface area contributed by atoms with E-state index in [4.69, 9.17) is 0 Å². The Balaban J connectivity index is 1.32. The summed E-state index contributed by atoms with van der Waals surface area (Å²) in [6, 6.07) is 6.83. The third-order valence-electron chi connectivity index (χ3n) is 5.00. The van der Waals surface area contributed by atoms with E-state index < -0.39 is 0 Å². The maximum atomic E-state index is 13.7. The van der Waals surface area contributed by atoms with Gasteiger partial charge in [-0.1, -0.05) is 18.2 Å². The van der Waals surface area contributed by atoms with Gasteiger partial charge in [-0.2, -0.15) is 0 Å². The number of nitrogens with zero attached hydrogens (tertiary/aromatic N) is 5. The second-order valence-electron chi connectivity index (χ2n) is 6.51. The Morgan fingerprint density at radius 1 is 1.25 bits per heavy atom. The molecule has 2 aliphatic rings. The van der Waals surface area contributed by atoms with Crippen molar-refractivity contribution in [3.05, 3.63) is 47.3 Å². The van der Waals surface area contributed by atoms with Gasteiger partial charge in [-0.3, -0.25) is 9.69 Å². The van der Waals surface area contributed by atoms with Crippen LogP contribution in [0.2, 0.25) is 0 Å². The second-order valence-corrected chi connectivity index (χ2v) is 6.51. The predicted octanol–water partition coefficient (Wildman–Crippen LogP) is 0.995. The average Bonchev–Trinajstić information content (AvgIpc) is 2.89. The third kappa shape index (κ3) is 2.69. The highest BCUT2D eigenvalue weighted by Gasteiger charge is 2.36. The van der Waals surface area contributed by atoms with Crippen LogP contribution in [0.15, 0.2) is 24.3 Å². The van der Waals surface area contributed by atoms with Crippen molar-refractivity contribution in [1.82, 2.24) is 24.6 Å². The molecule has 24 heavy (non-hydrogen) atoms. The molecule has 1 amide bonds. The number of aromatic nitrogens is 3. The molecule has 0 bridgehead atoms. The van der Waals surface area contributed by atoms with E-state index in [0.717, 1.165) is 31.3 Å². The average molecular weight is 329 g/mol. The van der Waals surface area contributed by atoms with Crippen molar-refractivity contribution in [2.75, 3.05) is 19.6 Å².